The molecule has 2 aromatic heterocycles. The summed E-state index contributed by atoms with van der Waals surface area (Å²) >= 11 is 1.35. The first-order valence-electron chi connectivity index (χ1n) is 8.08. The minimum absolute atomic E-state index is 0.166. The molecule has 2 fully saturated rings. The van der Waals surface area contributed by atoms with E-state index >= 15 is 0 Å². The van der Waals surface area contributed by atoms with Crippen molar-refractivity contribution in [2.24, 2.45) is 0 Å². The molecule has 3 amide bonds. The maximum atomic E-state index is 12.8. The number of urea groups is 1. The lowest BCUT2D eigenvalue weighted by Crippen LogP contribution is -2.61. The number of nitrogens with zero attached hydrogens (tertiary/aromatic N) is 3. The maximum Gasteiger partial charge on any atom is 0.324 e. The summed E-state index contributed by atoms with van der Waals surface area (Å²) in [5.41, 5.74) is 1.67. The Hall–Kier alpha value is -2.45. The van der Waals surface area contributed by atoms with Crippen LogP contribution in [-0.2, 0) is 11.2 Å². The van der Waals surface area contributed by atoms with E-state index in [9.17, 15) is 9.59 Å². The number of fused-ring (bicyclic) bond motifs is 1. The van der Waals surface area contributed by atoms with Crippen molar-refractivity contribution in [2.45, 2.75) is 23.8 Å². The summed E-state index contributed by atoms with van der Waals surface area (Å²) in [6, 6.07) is 10.4. The molecule has 7 nitrogen and oxygen atoms in total. The molecule has 128 valence electrons. The van der Waals surface area contributed by atoms with Gasteiger partial charge in [-0.25, -0.2) is 4.79 Å². The lowest BCUT2D eigenvalue weighted by atomic mass is 9.99. The van der Waals surface area contributed by atoms with Crippen LogP contribution in [0.3, 0.4) is 0 Å². The van der Waals surface area contributed by atoms with Gasteiger partial charge in [0.25, 0.3) is 0 Å². The van der Waals surface area contributed by atoms with Gasteiger partial charge in [-0.1, -0.05) is 24.1 Å². The number of carbonyl (C=O) groups is 2. The monoisotopic (exact) mass is 355 g/mol. The average Bonchev–Trinajstić information content (AvgIpc) is 3.07. The van der Waals surface area contributed by atoms with Gasteiger partial charge in [0.1, 0.15) is 5.25 Å². The van der Waals surface area contributed by atoms with Crippen LogP contribution in [0.1, 0.15) is 17.4 Å². The van der Waals surface area contributed by atoms with Crippen molar-refractivity contribution in [3.8, 4) is 0 Å². The summed E-state index contributed by atoms with van der Waals surface area (Å²) in [5, 5.41) is 2.61. The minimum atomic E-state index is -0.354. The predicted molar refractivity (Wildman–Crippen MR) is 93.5 cm³/mol. The van der Waals surface area contributed by atoms with Gasteiger partial charge in [0, 0.05) is 31.1 Å². The highest BCUT2D eigenvalue weighted by atomic mass is 32.2. The minimum Gasteiger partial charge on any atom is -0.331 e. The van der Waals surface area contributed by atoms with Crippen molar-refractivity contribution < 1.29 is 9.59 Å². The van der Waals surface area contributed by atoms with E-state index in [1.54, 1.807) is 12.4 Å². The summed E-state index contributed by atoms with van der Waals surface area (Å²) in [6.07, 6.45) is 3.96. The molecule has 4 heterocycles. The zero-order valence-corrected chi connectivity index (χ0v) is 14.1. The topological polar surface area (TPSA) is 87.2 Å². The molecular weight excluding hydrogens is 338 g/mol. The largest absolute Gasteiger partial charge is 0.331 e. The third-order valence-electron chi connectivity index (χ3n) is 4.38. The number of hydrogen-bond donors (Lipinski definition) is 2. The number of nitrogens with one attached hydrogen (secondary N) is 2. The molecule has 0 aromatic carbocycles. The average molecular weight is 355 g/mol. The van der Waals surface area contributed by atoms with Crippen molar-refractivity contribution in [1.82, 2.24) is 24.9 Å². The molecule has 2 aliphatic rings. The van der Waals surface area contributed by atoms with Crippen LogP contribution in [0.25, 0.3) is 0 Å². The highest BCUT2D eigenvalue weighted by molar-refractivity contribution is 7.99. The number of imide groups is 1. The summed E-state index contributed by atoms with van der Waals surface area (Å²) < 4.78 is 3.24. The maximum absolute atomic E-state index is 12.8. The molecule has 0 saturated carbocycles. The molecule has 0 bridgehead atoms. The van der Waals surface area contributed by atoms with Crippen LogP contribution in [0.15, 0.2) is 48.8 Å². The fourth-order valence-electron chi connectivity index (χ4n) is 3.09. The van der Waals surface area contributed by atoms with E-state index in [2.05, 4.69) is 20.0 Å². The van der Waals surface area contributed by atoms with Gasteiger partial charge in [-0.15, -0.1) is 0 Å². The SMILES string of the molecule is O=C1NC2C(SNC2c2ccccn2)C(=O)N1CCc1ccccn1. The van der Waals surface area contributed by atoms with Gasteiger partial charge in [-0.2, -0.15) is 0 Å². The molecule has 25 heavy (non-hydrogen) atoms. The Morgan fingerprint density at radius 1 is 1.08 bits per heavy atom. The second-order valence-corrected chi connectivity index (χ2v) is 6.90. The quantitative estimate of drug-likeness (QED) is 0.804. The predicted octanol–water partition coefficient (Wildman–Crippen LogP) is 1.30. The van der Waals surface area contributed by atoms with Crippen LogP contribution in [0.4, 0.5) is 4.79 Å². The van der Waals surface area contributed by atoms with E-state index in [0.717, 1.165) is 11.4 Å². The first-order valence-corrected chi connectivity index (χ1v) is 8.96. The van der Waals surface area contributed by atoms with Crippen LogP contribution in [-0.4, -0.2) is 44.6 Å². The summed E-state index contributed by atoms with van der Waals surface area (Å²) in [4.78, 5) is 35.1. The molecule has 0 aliphatic carbocycles. The smallest absolute Gasteiger partial charge is 0.324 e. The molecule has 8 heteroatoms. The molecule has 2 aliphatic heterocycles. The van der Waals surface area contributed by atoms with Gasteiger partial charge < -0.3 is 5.32 Å². The normalized spacial score (nSPS) is 25.6. The van der Waals surface area contributed by atoms with Crippen molar-refractivity contribution in [2.75, 3.05) is 6.54 Å². The lowest BCUT2D eigenvalue weighted by molar-refractivity contribution is -0.129. The van der Waals surface area contributed by atoms with E-state index in [0.29, 0.717) is 13.0 Å². The van der Waals surface area contributed by atoms with Gasteiger partial charge in [0.05, 0.1) is 17.8 Å². The van der Waals surface area contributed by atoms with Gasteiger partial charge in [0.15, 0.2) is 0 Å². The number of amides is 3. The Labute approximate surface area is 149 Å². The van der Waals surface area contributed by atoms with E-state index in [4.69, 9.17) is 0 Å². The molecular formula is C17H17N5O2S. The summed E-state index contributed by atoms with van der Waals surface area (Å²) in [5.74, 6) is -0.166. The van der Waals surface area contributed by atoms with E-state index in [1.807, 2.05) is 36.4 Å². The van der Waals surface area contributed by atoms with Crippen LogP contribution in [0.2, 0.25) is 0 Å². The zero-order chi connectivity index (χ0) is 17.2. The number of hydrogen-bond acceptors (Lipinski definition) is 6. The molecule has 0 radical (unpaired) electrons. The van der Waals surface area contributed by atoms with Crippen molar-refractivity contribution in [1.29, 1.82) is 0 Å². The molecule has 2 N–H and O–H groups in total. The molecule has 2 saturated heterocycles. The van der Waals surface area contributed by atoms with Crippen LogP contribution in [0.5, 0.6) is 0 Å². The third kappa shape index (κ3) is 3.10. The fraction of sp³-hybridized carbons (Fsp3) is 0.294. The van der Waals surface area contributed by atoms with Crippen molar-refractivity contribution in [3.63, 3.8) is 0 Å². The molecule has 4 rings (SSSR count). The second kappa shape index (κ2) is 6.81. The summed E-state index contributed by atoms with van der Waals surface area (Å²) in [7, 11) is 0. The van der Waals surface area contributed by atoms with Crippen LogP contribution < -0.4 is 10.0 Å². The van der Waals surface area contributed by atoms with Crippen molar-refractivity contribution in [3.05, 3.63) is 60.2 Å². The highest BCUT2D eigenvalue weighted by Crippen LogP contribution is 2.36. The van der Waals surface area contributed by atoms with E-state index in [1.165, 1.54) is 16.8 Å². The Morgan fingerprint density at radius 2 is 1.88 bits per heavy atom. The Morgan fingerprint density at radius 3 is 2.60 bits per heavy atom. The number of rotatable bonds is 4. The molecule has 2 aromatic rings. The van der Waals surface area contributed by atoms with Crippen molar-refractivity contribution >= 4 is 23.9 Å². The van der Waals surface area contributed by atoms with Crippen LogP contribution >= 0.6 is 11.9 Å². The van der Waals surface area contributed by atoms with Gasteiger partial charge >= 0.3 is 6.03 Å². The molecule has 0 spiro atoms. The highest BCUT2D eigenvalue weighted by Gasteiger charge is 2.49. The van der Waals surface area contributed by atoms with Crippen LogP contribution in [0, 0.1) is 0 Å². The number of aromatic nitrogens is 2. The first-order chi connectivity index (χ1) is 12.2. The number of pyridine rings is 2. The number of carbonyl (C=O) groups excluding carboxylic acids is 2. The Balaban J connectivity index is 1.47. The zero-order valence-electron chi connectivity index (χ0n) is 13.3. The Kier molecular flexibility index (Phi) is 4.37. The molecule has 3 unspecified atom stereocenters. The third-order valence-corrected chi connectivity index (χ3v) is 5.51. The fourth-order valence-corrected chi connectivity index (χ4v) is 4.25. The summed E-state index contributed by atoms with van der Waals surface area (Å²) in [6.45, 7) is 0.319. The lowest BCUT2D eigenvalue weighted by Gasteiger charge is -2.34. The van der Waals surface area contributed by atoms with E-state index < -0.39 is 0 Å². The van der Waals surface area contributed by atoms with Gasteiger partial charge in [-0.3, -0.25) is 24.4 Å². The van der Waals surface area contributed by atoms with E-state index in [-0.39, 0.29) is 29.3 Å². The molecule has 3 atom stereocenters. The van der Waals surface area contributed by atoms with Gasteiger partial charge in [0.2, 0.25) is 5.91 Å². The second-order valence-electron chi connectivity index (χ2n) is 5.92. The Bertz CT molecular complexity index is 773. The first kappa shape index (κ1) is 16.0. The standard InChI is InChI=1S/C17H17N5O2S/c23-16-15-14(13(21-25-15)12-6-2-4-9-19-12)20-17(24)22(16)10-7-11-5-1-3-8-18-11/h1-6,8-9,13-15,21H,7,10H2,(H,20,24). The van der Waals surface area contributed by atoms with Gasteiger partial charge in [-0.05, 0) is 24.3 Å².